The highest BCUT2D eigenvalue weighted by molar-refractivity contribution is 7.09. The van der Waals surface area contributed by atoms with Gasteiger partial charge in [-0.05, 0) is 17.5 Å². The maximum atomic E-state index is 12.6. The van der Waals surface area contributed by atoms with Crippen LogP contribution in [0.5, 0.6) is 5.88 Å². The van der Waals surface area contributed by atoms with Crippen LogP contribution in [-0.2, 0) is 12.6 Å². The summed E-state index contributed by atoms with van der Waals surface area (Å²) >= 11 is 1.56. The van der Waals surface area contributed by atoms with Crippen LogP contribution in [0.15, 0.2) is 29.6 Å². The number of aromatic nitrogens is 1. The summed E-state index contributed by atoms with van der Waals surface area (Å²) in [6.45, 7) is 0.258. The molecule has 0 fully saturated rings. The molecule has 0 aliphatic rings. The predicted octanol–water partition coefficient (Wildman–Crippen LogP) is 3.37. The number of nitrogens with zero attached hydrogens (tertiary/aromatic N) is 1. The molecule has 0 saturated heterocycles. The number of rotatable bonds is 4. The Morgan fingerprint density at radius 3 is 2.74 bits per heavy atom. The normalized spacial score (nSPS) is 11.5. The van der Waals surface area contributed by atoms with E-state index in [1.165, 1.54) is 0 Å². The molecular formula is C12H11F3N2OS. The average molecular weight is 288 g/mol. The number of halogens is 3. The van der Waals surface area contributed by atoms with Gasteiger partial charge in [-0.25, -0.2) is 0 Å². The van der Waals surface area contributed by atoms with E-state index < -0.39 is 11.7 Å². The summed E-state index contributed by atoms with van der Waals surface area (Å²) in [5.74, 6) is -0.315. The van der Waals surface area contributed by atoms with E-state index in [-0.39, 0.29) is 18.3 Å². The molecule has 0 radical (unpaired) electrons. The first-order chi connectivity index (χ1) is 8.95. The molecule has 3 nitrogen and oxygen atoms in total. The first-order valence-electron chi connectivity index (χ1n) is 5.45. The predicted molar refractivity (Wildman–Crippen MR) is 67.2 cm³/mol. The van der Waals surface area contributed by atoms with Crippen LogP contribution in [0, 0.1) is 0 Å². The van der Waals surface area contributed by atoms with Crippen molar-refractivity contribution in [1.29, 1.82) is 0 Å². The number of alkyl halides is 3. The highest BCUT2D eigenvalue weighted by atomic mass is 32.1. The number of nitrogens with two attached hydrogens (primary N) is 1. The van der Waals surface area contributed by atoms with Crippen molar-refractivity contribution in [2.45, 2.75) is 12.6 Å². The third-order valence-electron chi connectivity index (χ3n) is 2.33. The zero-order chi connectivity index (χ0) is 13.9. The molecule has 2 aromatic rings. The zero-order valence-electron chi connectivity index (χ0n) is 9.78. The van der Waals surface area contributed by atoms with E-state index in [0.717, 1.165) is 17.0 Å². The fourth-order valence-electron chi connectivity index (χ4n) is 1.47. The molecular weight excluding hydrogens is 277 g/mol. The lowest BCUT2D eigenvalue weighted by Crippen LogP contribution is -2.09. The van der Waals surface area contributed by atoms with Gasteiger partial charge in [-0.3, -0.25) is 0 Å². The number of anilines is 1. The Kier molecular flexibility index (Phi) is 3.94. The summed E-state index contributed by atoms with van der Waals surface area (Å²) in [5.41, 5.74) is 4.48. The van der Waals surface area contributed by atoms with Crippen LogP contribution in [0.25, 0.3) is 0 Å². The highest BCUT2D eigenvalue weighted by Crippen LogP contribution is 2.32. The molecule has 0 saturated carbocycles. The minimum atomic E-state index is -4.46. The van der Waals surface area contributed by atoms with Gasteiger partial charge in [-0.2, -0.15) is 18.2 Å². The second-order valence-corrected chi connectivity index (χ2v) is 4.83. The third kappa shape index (κ3) is 3.85. The first-order valence-corrected chi connectivity index (χ1v) is 6.33. The van der Waals surface area contributed by atoms with E-state index in [9.17, 15) is 13.2 Å². The molecule has 0 amide bonds. The van der Waals surface area contributed by atoms with Gasteiger partial charge in [0.15, 0.2) is 0 Å². The summed E-state index contributed by atoms with van der Waals surface area (Å²) in [6, 6.07) is 5.47. The molecule has 7 heteroatoms. The Bertz CT molecular complexity index is 540. The maximum Gasteiger partial charge on any atom is 0.416 e. The second-order valence-electron chi connectivity index (χ2n) is 3.79. The lowest BCUT2D eigenvalue weighted by molar-refractivity contribution is -0.137. The van der Waals surface area contributed by atoms with Crippen molar-refractivity contribution in [3.05, 3.63) is 40.1 Å². The molecule has 2 N–H and O–H groups in total. The molecule has 0 aromatic carbocycles. The van der Waals surface area contributed by atoms with Gasteiger partial charge in [0.05, 0.1) is 12.2 Å². The Labute approximate surface area is 111 Å². The van der Waals surface area contributed by atoms with Crippen molar-refractivity contribution in [3.63, 3.8) is 0 Å². The maximum absolute atomic E-state index is 12.6. The molecule has 2 heterocycles. The molecule has 102 valence electrons. The largest absolute Gasteiger partial charge is 0.477 e. The van der Waals surface area contributed by atoms with Crippen LogP contribution < -0.4 is 10.5 Å². The van der Waals surface area contributed by atoms with E-state index in [1.807, 2.05) is 17.5 Å². The van der Waals surface area contributed by atoms with Crippen LogP contribution >= 0.6 is 11.3 Å². The lowest BCUT2D eigenvalue weighted by atomic mass is 10.2. The van der Waals surface area contributed by atoms with E-state index >= 15 is 0 Å². The highest BCUT2D eigenvalue weighted by Gasteiger charge is 2.31. The van der Waals surface area contributed by atoms with Gasteiger partial charge >= 0.3 is 6.18 Å². The van der Waals surface area contributed by atoms with Crippen molar-refractivity contribution < 1.29 is 17.9 Å². The Morgan fingerprint density at radius 1 is 1.32 bits per heavy atom. The van der Waals surface area contributed by atoms with Gasteiger partial charge in [-0.15, -0.1) is 11.3 Å². The van der Waals surface area contributed by atoms with Crippen molar-refractivity contribution in [2.24, 2.45) is 0 Å². The van der Waals surface area contributed by atoms with Crippen molar-refractivity contribution in [2.75, 3.05) is 12.3 Å². The van der Waals surface area contributed by atoms with Crippen LogP contribution in [0.4, 0.5) is 19.0 Å². The number of thiophene rings is 1. The van der Waals surface area contributed by atoms with E-state index in [0.29, 0.717) is 6.42 Å². The van der Waals surface area contributed by atoms with Gasteiger partial charge in [0.2, 0.25) is 5.88 Å². The molecule has 0 aliphatic carbocycles. The minimum Gasteiger partial charge on any atom is -0.477 e. The lowest BCUT2D eigenvalue weighted by Gasteiger charge is -2.10. The molecule has 19 heavy (non-hydrogen) atoms. The number of ether oxygens (including phenoxy) is 1. The quantitative estimate of drug-likeness (QED) is 0.938. The molecule has 0 unspecified atom stereocenters. The third-order valence-corrected chi connectivity index (χ3v) is 3.26. The van der Waals surface area contributed by atoms with Gasteiger partial charge in [0, 0.05) is 17.4 Å². The Hall–Kier alpha value is -1.76. The van der Waals surface area contributed by atoms with Crippen molar-refractivity contribution >= 4 is 17.2 Å². The summed E-state index contributed by atoms with van der Waals surface area (Å²) in [5, 5.41) is 1.93. The monoisotopic (exact) mass is 288 g/mol. The number of nitrogen functional groups attached to an aromatic ring is 1. The fourth-order valence-corrected chi connectivity index (χ4v) is 2.16. The van der Waals surface area contributed by atoms with Crippen LogP contribution in [0.1, 0.15) is 10.4 Å². The van der Waals surface area contributed by atoms with Crippen LogP contribution in [-0.4, -0.2) is 11.6 Å². The smallest absolute Gasteiger partial charge is 0.416 e. The van der Waals surface area contributed by atoms with Gasteiger partial charge in [0.1, 0.15) is 5.82 Å². The second kappa shape index (κ2) is 5.48. The summed E-state index contributed by atoms with van der Waals surface area (Å²) in [6.07, 6.45) is -3.83. The molecule has 2 aromatic heterocycles. The molecule has 0 aliphatic heterocycles. The molecule has 0 bridgehead atoms. The Balaban J connectivity index is 2.02. The summed E-state index contributed by atoms with van der Waals surface area (Å²) in [4.78, 5) is 4.82. The number of hydrogen-bond donors (Lipinski definition) is 1. The van der Waals surface area contributed by atoms with E-state index in [1.54, 1.807) is 11.3 Å². The summed E-state index contributed by atoms with van der Waals surface area (Å²) in [7, 11) is 0. The molecule has 0 atom stereocenters. The minimum absolute atomic E-state index is 0.108. The average Bonchev–Trinajstić information content (AvgIpc) is 2.80. The van der Waals surface area contributed by atoms with Gasteiger partial charge in [-0.1, -0.05) is 6.07 Å². The zero-order valence-corrected chi connectivity index (χ0v) is 10.6. The van der Waals surface area contributed by atoms with E-state index in [2.05, 4.69) is 4.98 Å². The van der Waals surface area contributed by atoms with Gasteiger partial charge < -0.3 is 10.5 Å². The standard InChI is InChI=1S/C12H11F3N2OS/c13-12(14,15)8-6-10(16)17-11(7-8)18-4-3-9-2-1-5-19-9/h1-2,5-7H,3-4H2,(H2,16,17). The van der Waals surface area contributed by atoms with Crippen LogP contribution in [0.3, 0.4) is 0 Å². The topological polar surface area (TPSA) is 48.1 Å². The first kappa shape index (κ1) is 13.7. The SMILES string of the molecule is Nc1cc(C(F)(F)F)cc(OCCc2cccs2)n1. The molecule has 2 rings (SSSR count). The number of hydrogen-bond acceptors (Lipinski definition) is 4. The molecule has 0 spiro atoms. The van der Waals surface area contributed by atoms with Gasteiger partial charge in [0.25, 0.3) is 0 Å². The van der Waals surface area contributed by atoms with Crippen molar-refractivity contribution in [1.82, 2.24) is 4.98 Å². The van der Waals surface area contributed by atoms with Crippen molar-refractivity contribution in [3.8, 4) is 5.88 Å². The Morgan fingerprint density at radius 2 is 2.11 bits per heavy atom. The number of pyridine rings is 1. The van der Waals surface area contributed by atoms with E-state index in [4.69, 9.17) is 10.5 Å². The fraction of sp³-hybridized carbons (Fsp3) is 0.250. The summed E-state index contributed by atoms with van der Waals surface area (Å²) < 4.78 is 42.9. The van der Waals surface area contributed by atoms with Crippen LogP contribution in [0.2, 0.25) is 0 Å².